The lowest BCUT2D eigenvalue weighted by molar-refractivity contribution is 1.64. The molecule has 10 heavy (non-hydrogen) atoms. The summed E-state index contributed by atoms with van der Waals surface area (Å²) in [4.78, 5) is 0. The van der Waals surface area contributed by atoms with Gasteiger partial charge in [-0.3, -0.25) is 0 Å². The standard InChI is InChI=1S/C8H9N.BrH/c1-2-7-5-3-4-6-8(7)9;/h2-6H,1,9H2;1H. The smallest absolute Gasteiger partial charge is 0.0387 e. The Morgan fingerprint density at radius 2 is 1.90 bits per heavy atom. The summed E-state index contributed by atoms with van der Waals surface area (Å²) in [6.45, 7) is 3.61. The average Bonchev–Trinajstić information content (AvgIpc) is 1.89. The number of hydrogen-bond donors (Lipinski definition) is 1. The van der Waals surface area contributed by atoms with Gasteiger partial charge in [-0.2, -0.15) is 0 Å². The van der Waals surface area contributed by atoms with E-state index >= 15 is 0 Å². The molecule has 1 nitrogen and oxygen atoms in total. The minimum absolute atomic E-state index is 0. The highest BCUT2D eigenvalue weighted by atomic mass is 79.9. The zero-order chi connectivity index (χ0) is 6.69. The fraction of sp³-hybridized carbons (Fsp3) is 0. The molecule has 0 atom stereocenters. The van der Waals surface area contributed by atoms with Crippen molar-refractivity contribution < 1.29 is 0 Å². The lowest BCUT2D eigenvalue weighted by Gasteiger charge is -1.95. The first kappa shape index (κ1) is 9.24. The van der Waals surface area contributed by atoms with E-state index in [-0.39, 0.29) is 17.0 Å². The summed E-state index contributed by atoms with van der Waals surface area (Å²) < 4.78 is 0. The Morgan fingerprint density at radius 1 is 1.30 bits per heavy atom. The van der Waals surface area contributed by atoms with E-state index in [1.54, 1.807) is 6.08 Å². The van der Waals surface area contributed by atoms with Crippen LogP contribution in [0.25, 0.3) is 6.08 Å². The lowest BCUT2D eigenvalue weighted by atomic mass is 10.2. The van der Waals surface area contributed by atoms with E-state index in [0.29, 0.717) is 0 Å². The van der Waals surface area contributed by atoms with Crippen molar-refractivity contribution in [2.45, 2.75) is 0 Å². The third kappa shape index (κ3) is 1.88. The minimum atomic E-state index is 0. The number of anilines is 1. The van der Waals surface area contributed by atoms with Gasteiger partial charge in [-0.05, 0) is 11.6 Å². The van der Waals surface area contributed by atoms with Crippen molar-refractivity contribution in [3.63, 3.8) is 0 Å². The molecule has 2 N–H and O–H groups in total. The van der Waals surface area contributed by atoms with Gasteiger partial charge in [0.15, 0.2) is 0 Å². The second-order valence-corrected chi connectivity index (χ2v) is 1.83. The molecule has 0 aromatic heterocycles. The molecule has 0 fully saturated rings. The van der Waals surface area contributed by atoms with Crippen LogP contribution < -0.4 is 5.73 Å². The number of halogens is 1. The number of nitrogen functional groups attached to an aromatic ring is 1. The SMILES string of the molecule is Br.C=Cc1ccccc1N. The quantitative estimate of drug-likeness (QED) is 0.692. The summed E-state index contributed by atoms with van der Waals surface area (Å²) in [6, 6.07) is 7.63. The highest BCUT2D eigenvalue weighted by Gasteiger charge is 1.87. The summed E-state index contributed by atoms with van der Waals surface area (Å²) in [7, 11) is 0. The Bertz CT molecular complexity index is 220. The molecule has 1 aromatic rings. The molecule has 2 heteroatoms. The third-order valence-corrected chi connectivity index (χ3v) is 1.22. The monoisotopic (exact) mass is 199 g/mol. The van der Waals surface area contributed by atoms with Crippen LogP contribution in [0.4, 0.5) is 5.69 Å². The maximum Gasteiger partial charge on any atom is 0.0387 e. The molecule has 0 saturated heterocycles. The topological polar surface area (TPSA) is 26.0 Å². The Morgan fingerprint density at radius 3 is 2.30 bits per heavy atom. The van der Waals surface area contributed by atoms with Crippen LogP contribution in [-0.4, -0.2) is 0 Å². The number of hydrogen-bond acceptors (Lipinski definition) is 1. The van der Waals surface area contributed by atoms with Crippen molar-refractivity contribution in [1.82, 2.24) is 0 Å². The fourth-order valence-corrected chi connectivity index (χ4v) is 0.697. The van der Waals surface area contributed by atoms with E-state index in [9.17, 15) is 0 Å². The predicted octanol–water partition coefficient (Wildman–Crippen LogP) is 2.49. The Kier molecular flexibility index (Phi) is 3.81. The molecular weight excluding hydrogens is 190 g/mol. The summed E-state index contributed by atoms with van der Waals surface area (Å²) in [5, 5.41) is 0. The molecule has 0 amide bonds. The minimum Gasteiger partial charge on any atom is -0.398 e. The van der Waals surface area contributed by atoms with Crippen LogP contribution in [0.3, 0.4) is 0 Å². The van der Waals surface area contributed by atoms with Crippen molar-refractivity contribution in [2.75, 3.05) is 5.73 Å². The summed E-state index contributed by atoms with van der Waals surface area (Å²) in [6.07, 6.45) is 1.75. The van der Waals surface area contributed by atoms with Gasteiger partial charge >= 0.3 is 0 Å². The van der Waals surface area contributed by atoms with Crippen LogP contribution in [0, 0.1) is 0 Å². The molecule has 54 valence electrons. The van der Waals surface area contributed by atoms with E-state index in [2.05, 4.69) is 6.58 Å². The molecule has 0 heterocycles. The Hall–Kier alpha value is -0.760. The fourth-order valence-electron chi connectivity index (χ4n) is 0.697. The number of benzene rings is 1. The molecule has 0 bridgehead atoms. The van der Waals surface area contributed by atoms with Gasteiger partial charge in [0.05, 0.1) is 0 Å². The van der Waals surface area contributed by atoms with Crippen molar-refractivity contribution in [1.29, 1.82) is 0 Å². The molecule has 0 radical (unpaired) electrons. The maximum absolute atomic E-state index is 5.56. The van der Waals surface area contributed by atoms with Crippen molar-refractivity contribution in [3.05, 3.63) is 36.4 Å². The number of rotatable bonds is 1. The molecular formula is C8H10BrN. The number of nitrogens with two attached hydrogens (primary N) is 1. The Labute approximate surface area is 71.3 Å². The van der Waals surface area contributed by atoms with Gasteiger partial charge in [-0.25, -0.2) is 0 Å². The molecule has 0 aliphatic rings. The van der Waals surface area contributed by atoms with E-state index in [1.807, 2.05) is 24.3 Å². The van der Waals surface area contributed by atoms with Gasteiger partial charge in [-0.1, -0.05) is 30.9 Å². The van der Waals surface area contributed by atoms with Gasteiger partial charge in [0, 0.05) is 5.69 Å². The van der Waals surface area contributed by atoms with Crippen molar-refractivity contribution >= 4 is 28.7 Å². The predicted molar refractivity (Wildman–Crippen MR) is 51.3 cm³/mol. The van der Waals surface area contributed by atoms with Gasteiger partial charge in [-0.15, -0.1) is 17.0 Å². The van der Waals surface area contributed by atoms with Crippen LogP contribution in [0.5, 0.6) is 0 Å². The highest BCUT2D eigenvalue weighted by molar-refractivity contribution is 8.93. The van der Waals surface area contributed by atoms with E-state index in [0.717, 1.165) is 11.3 Å². The van der Waals surface area contributed by atoms with Crippen LogP contribution in [0.2, 0.25) is 0 Å². The summed E-state index contributed by atoms with van der Waals surface area (Å²) in [5.41, 5.74) is 7.34. The van der Waals surface area contributed by atoms with Crippen molar-refractivity contribution in [3.8, 4) is 0 Å². The normalized spacial score (nSPS) is 8.00. The van der Waals surface area contributed by atoms with Crippen LogP contribution in [0.15, 0.2) is 30.8 Å². The first-order valence-electron chi connectivity index (χ1n) is 2.81. The first-order valence-corrected chi connectivity index (χ1v) is 2.81. The van der Waals surface area contributed by atoms with Crippen molar-refractivity contribution in [2.24, 2.45) is 0 Å². The summed E-state index contributed by atoms with van der Waals surface area (Å²) >= 11 is 0. The van der Waals surface area contributed by atoms with E-state index in [1.165, 1.54) is 0 Å². The van der Waals surface area contributed by atoms with Gasteiger partial charge in [0.25, 0.3) is 0 Å². The molecule has 1 aromatic carbocycles. The molecule has 1 rings (SSSR count). The van der Waals surface area contributed by atoms with Crippen LogP contribution in [-0.2, 0) is 0 Å². The second kappa shape index (κ2) is 4.12. The zero-order valence-electron chi connectivity index (χ0n) is 5.58. The van der Waals surface area contributed by atoms with Crippen LogP contribution >= 0.6 is 17.0 Å². The highest BCUT2D eigenvalue weighted by Crippen LogP contribution is 2.10. The van der Waals surface area contributed by atoms with Crippen LogP contribution in [0.1, 0.15) is 5.56 Å². The van der Waals surface area contributed by atoms with Gasteiger partial charge in [0.1, 0.15) is 0 Å². The lowest BCUT2D eigenvalue weighted by Crippen LogP contribution is -1.86. The van der Waals surface area contributed by atoms with E-state index < -0.39 is 0 Å². The van der Waals surface area contributed by atoms with Gasteiger partial charge in [0.2, 0.25) is 0 Å². The zero-order valence-corrected chi connectivity index (χ0v) is 7.29. The second-order valence-electron chi connectivity index (χ2n) is 1.83. The average molecular weight is 200 g/mol. The van der Waals surface area contributed by atoms with E-state index in [4.69, 9.17) is 5.73 Å². The molecule has 0 aliphatic carbocycles. The molecule has 0 saturated carbocycles. The Balaban J connectivity index is 0.000000810. The maximum atomic E-state index is 5.56. The molecule has 0 aliphatic heterocycles. The molecule has 0 spiro atoms. The first-order chi connectivity index (χ1) is 4.34. The molecule has 0 unspecified atom stereocenters. The summed E-state index contributed by atoms with van der Waals surface area (Å²) in [5.74, 6) is 0. The third-order valence-electron chi connectivity index (χ3n) is 1.22. The number of para-hydroxylation sites is 1. The van der Waals surface area contributed by atoms with Gasteiger partial charge < -0.3 is 5.73 Å². The largest absolute Gasteiger partial charge is 0.398 e.